The molecule has 2 atom stereocenters. The number of carboxylic acid groups (broad SMARTS) is 1. The van der Waals surface area contributed by atoms with Gasteiger partial charge in [0.15, 0.2) is 0 Å². The molecule has 0 bridgehead atoms. The van der Waals surface area contributed by atoms with Crippen LogP contribution >= 0.6 is 0 Å². The van der Waals surface area contributed by atoms with Crippen LogP contribution < -0.4 is 34.7 Å². The van der Waals surface area contributed by atoms with Crippen molar-refractivity contribution < 1.29 is 39.5 Å². The van der Waals surface area contributed by atoms with Crippen LogP contribution in [0.15, 0.2) is 5.10 Å². The topological polar surface area (TPSA) is 55.7 Å². The molecule has 5 heteroatoms. The molecule has 1 fully saturated rings. The summed E-state index contributed by atoms with van der Waals surface area (Å²) >= 11 is 0. The predicted molar refractivity (Wildman–Crippen MR) is 47.9 cm³/mol. The number of hydrazone groups is 1. The van der Waals surface area contributed by atoms with E-state index in [9.17, 15) is 9.90 Å². The molecule has 14 heavy (non-hydrogen) atoms. The van der Waals surface area contributed by atoms with E-state index in [2.05, 4.69) is 5.10 Å². The van der Waals surface area contributed by atoms with E-state index in [0.29, 0.717) is 0 Å². The summed E-state index contributed by atoms with van der Waals surface area (Å²) in [5.41, 5.74) is -0.196. The number of carbonyl (C=O) groups is 1. The molecule has 0 aromatic carbocycles. The third-order valence-electron chi connectivity index (χ3n) is 2.62. The van der Waals surface area contributed by atoms with Crippen molar-refractivity contribution in [1.29, 1.82) is 0 Å². The number of aliphatic carboxylic acids is 1. The van der Waals surface area contributed by atoms with Gasteiger partial charge in [-0.3, -0.25) is 0 Å². The first kappa shape index (κ1) is 13.9. The second-order valence-corrected chi connectivity index (χ2v) is 4.26. The van der Waals surface area contributed by atoms with Crippen LogP contribution in [-0.2, 0) is 4.79 Å². The zero-order valence-corrected chi connectivity index (χ0v) is 11.4. The van der Waals surface area contributed by atoms with Crippen molar-refractivity contribution in [2.45, 2.75) is 13.8 Å². The Labute approximate surface area is 107 Å². The molecule has 0 amide bonds. The molecular weight excluding hydrogens is 191 g/mol. The first-order valence-electron chi connectivity index (χ1n) is 4.29. The fourth-order valence-electron chi connectivity index (χ4n) is 1.61. The Balaban J connectivity index is 0.00000169. The van der Waals surface area contributed by atoms with Gasteiger partial charge in [-0.1, -0.05) is 13.8 Å². The summed E-state index contributed by atoms with van der Waals surface area (Å²) in [7, 11) is 3.61. The van der Waals surface area contributed by atoms with Crippen molar-refractivity contribution >= 4 is 12.2 Å². The Kier molecular flexibility index (Phi) is 4.62. The van der Waals surface area contributed by atoms with Crippen molar-refractivity contribution in [3.63, 3.8) is 0 Å². The number of rotatable bonds is 3. The van der Waals surface area contributed by atoms with E-state index < -0.39 is 5.97 Å². The number of carboxylic acids is 1. The van der Waals surface area contributed by atoms with Gasteiger partial charge >= 0.3 is 29.6 Å². The largest absolute Gasteiger partial charge is 1.00 e. The molecule has 0 spiro atoms. The van der Waals surface area contributed by atoms with Crippen LogP contribution in [0.3, 0.4) is 0 Å². The molecule has 1 aliphatic carbocycles. The molecule has 4 nitrogen and oxygen atoms in total. The molecule has 1 rings (SSSR count). The molecule has 0 aromatic heterocycles. The third kappa shape index (κ3) is 2.72. The molecule has 0 heterocycles. The summed E-state index contributed by atoms with van der Waals surface area (Å²) in [5, 5.41) is 16.3. The Morgan fingerprint density at radius 1 is 1.50 bits per heavy atom. The van der Waals surface area contributed by atoms with Gasteiger partial charge in [0.05, 0.1) is 0 Å². The maximum Gasteiger partial charge on any atom is 1.00 e. The second kappa shape index (κ2) is 4.64. The van der Waals surface area contributed by atoms with Gasteiger partial charge in [-0.25, -0.2) is 0 Å². The Morgan fingerprint density at radius 2 is 2.00 bits per heavy atom. The minimum Gasteiger partial charge on any atom is -0.550 e. The van der Waals surface area contributed by atoms with E-state index in [1.165, 1.54) is 0 Å². The quantitative estimate of drug-likeness (QED) is 0.274. The second-order valence-electron chi connectivity index (χ2n) is 4.26. The van der Waals surface area contributed by atoms with Crippen LogP contribution in [0.4, 0.5) is 0 Å². The van der Waals surface area contributed by atoms with E-state index in [4.69, 9.17) is 0 Å². The summed E-state index contributed by atoms with van der Waals surface area (Å²) in [4.78, 5) is 10.6. The maximum absolute atomic E-state index is 10.6. The van der Waals surface area contributed by atoms with E-state index in [1.807, 2.05) is 13.8 Å². The van der Waals surface area contributed by atoms with E-state index in [1.54, 1.807) is 25.3 Å². The van der Waals surface area contributed by atoms with E-state index >= 15 is 0 Å². The van der Waals surface area contributed by atoms with Gasteiger partial charge in [-0.15, -0.1) is 0 Å². The summed E-state index contributed by atoms with van der Waals surface area (Å²) in [6.07, 6.45) is 1.69. The van der Waals surface area contributed by atoms with Crippen molar-refractivity contribution in [2.75, 3.05) is 14.1 Å². The Bertz CT molecular complexity index is 251. The summed E-state index contributed by atoms with van der Waals surface area (Å²) in [6.45, 7) is 3.83. The fourth-order valence-corrected chi connectivity index (χ4v) is 1.61. The van der Waals surface area contributed by atoms with E-state index in [0.717, 1.165) is 0 Å². The SMILES string of the molecule is CN(C)N=C[C@H]1[C@@H](C(=O)[O-])C1(C)C.[Na+]. The molecule has 0 saturated heterocycles. The maximum atomic E-state index is 10.6. The van der Waals surface area contributed by atoms with Gasteiger partial charge in [0.1, 0.15) is 0 Å². The smallest absolute Gasteiger partial charge is 0.550 e. The van der Waals surface area contributed by atoms with Crippen molar-refractivity contribution in [3.05, 3.63) is 0 Å². The first-order valence-corrected chi connectivity index (χ1v) is 4.29. The minimum atomic E-state index is -0.972. The van der Waals surface area contributed by atoms with Gasteiger partial charge in [-0.2, -0.15) is 5.10 Å². The number of hydrogen-bond acceptors (Lipinski definition) is 4. The van der Waals surface area contributed by atoms with Gasteiger partial charge < -0.3 is 14.9 Å². The third-order valence-corrected chi connectivity index (χ3v) is 2.62. The summed E-state index contributed by atoms with van der Waals surface area (Å²) in [6, 6.07) is 0. The van der Waals surface area contributed by atoms with Crippen LogP contribution in [0, 0.1) is 17.3 Å². The van der Waals surface area contributed by atoms with Crippen LogP contribution in [0.2, 0.25) is 0 Å². The Hall–Kier alpha value is -0.0600. The summed E-state index contributed by atoms with van der Waals surface area (Å²) in [5.74, 6) is -1.34. The van der Waals surface area contributed by atoms with Crippen LogP contribution in [-0.4, -0.2) is 31.3 Å². The minimum absolute atomic E-state index is 0. The van der Waals surface area contributed by atoms with Gasteiger partial charge in [0.2, 0.25) is 0 Å². The Morgan fingerprint density at radius 3 is 2.29 bits per heavy atom. The molecule has 74 valence electrons. The number of nitrogens with zero attached hydrogens (tertiary/aromatic N) is 2. The first-order chi connectivity index (χ1) is 5.87. The molecule has 0 unspecified atom stereocenters. The molecule has 1 aliphatic rings. The normalized spacial score (nSPS) is 28.3. The molecule has 0 aromatic rings. The van der Waals surface area contributed by atoms with Gasteiger partial charge in [0, 0.05) is 38.1 Å². The number of carbonyl (C=O) groups excluding carboxylic acids is 1. The zero-order chi connectivity index (χ0) is 10.2. The van der Waals surface area contributed by atoms with Crippen molar-refractivity contribution in [1.82, 2.24) is 5.01 Å². The fraction of sp³-hybridized carbons (Fsp3) is 0.778. The van der Waals surface area contributed by atoms with Crippen LogP contribution in [0.1, 0.15) is 13.8 Å². The molecule has 0 aliphatic heterocycles. The molecule has 0 radical (unpaired) electrons. The van der Waals surface area contributed by atoms with E-state index in [-0.39, 0.29) is 46.8 Å². The van der Waals surface area contributed by atoms with Gasteiger partial charge in [0.25, 0.3) is 0 Å². The summed E-state index contributed by atoms with van der Waals surface area (Å²) < 4.78 is 0. The van der Waals surface area contributed by atoms with Gasteiger partial charge in [-0.05, 0) is 5.41 Å². The molecular formula is C9H15N2NaO2. The average Bonchev–Trinajstić information content (AvgIpc) is 2.48. The average molecular weight is 206 g/mol. The monoisotopic (exact) mass is 206 g/mol. The van der Waals surface area contributed by atoms with Crippen molar-refractivity contribution in [2.24, 2.45) is 22.4 Å². The standard InChI is InChI=1S/C9H16N2O2.Na/c1-9(2)6(5-10-11(3)4)7(9)8(12)13;/h5-7H,1-4H3,(H,12,13);/q;+1/p-1/t6-,7-;/m0./s1. The predicted octanol–water partition coefficient (Wildman–Crippen LogP) is -3.44. The zero-order valence-electron chi connectivity index (χ0n) is 9.44. The van der Waals surface area contributed by atoms with Crippen LogP contribution in [0.25, 0.3) is 0 Å². The van der Waals surface area contributed by atoms with Crippen LogP contribution in [0.5, 0.6) is 0 Å². The van der Waals surface area contributed by atoms with Crippen molar-refractivity contribution in [3.8, 4) is 0 Å². The molecule has 1 saturated carbocycles. The number of hydrogen-bond donors (Lipinski definition) is 0. The molecule has 0 N–H and O–H groups in total.